The van der Waals surface area contributed by atoms with E-state index in [1.54, 1.807) is 32.9 Å². The summed E-state index contributed by atoms with van der Waals surface area (Å²) in [4.78, 5) is 78.0. The van der Waals surface area contributed by atoms with E-state index >= 15 is 4.39 Å². The van der Waals surface area contributed by atoms with Crippen molar-refractivity contribution in [3.63, 3.8) is 0 Å². The monoisotopic (exact) mass is 680 g/mol. The summed E-state index contributed by atoms with van der Waals surface area (Å²) in [6, 6.07) is 6.76. The number of carbonyl (C=O) groups excluding carboxylic acids is 6. The molecule has 3 atom stereocenters. The van der Waals surface area contributed by atoms with Crippen molar-refractivity contribution in [3.8, 4) is 0 Å². The number of benzene rings is 2. The first-order valence-electron chi connectivity index (χ1n) is 16.5. The SMILES string of the molecule is CC(C)(C)OC(=O)N[C@H]1CCc2cccc3c2N(C1=O)[C@H](C(=O)N[C@@H](CCC(N)=O)C(=O)Nc1cccc(CCCCCC(N)=O)c1F)C3. The van der Waals surface area contributed by atoms with Crippen LogP contribution in [0.5, 0.6) is 0 Å². The van der Waals surface area contributed by atoms with Crippen molar-refractivity contribution in [2.24, 2.45) is 11.5 Å². The van der Waals surface area contributed by atoms with Crippen molar-refractivity contribution >= 4 is 47.0 Å². The number of hydrogen-bond donors (Lipinski definition) is 5. The summed E-state index contributed by atoms with van der Waals surface area (Å²) in [5, 5.41) is 7.85. The van der Waals surface area contributed by atoms with E-state index in [-0.39, 0.29) is 37.8 Å². The fourth-order valence-corrected chi connectivity index (χ4v) is 6.13. The summed E-state index contributed by atoms with van der Waals surface area (Å²) in [5.74, 6) is -3.66. The number of nitrogens with one attached hydrogen (secondary N) is 3. The van der Waals surface area contributed by atoms with E-state index in [0.29, 0.717) is 43.4 Å². The first-order valence-corrected chi connectivity index (χ1v) is 16.5. The van der Waals surface area contributed by atoms with Crippen LogP contribution in [0.25, 0.3) is 0 Å². The van der Waals surface area contributed by atoms with E-state index < -0.39 is 65.2 Å². The van der Waals surface area contributed by atoms with E-state index in [1.807, 2.05) is 18.2 Å². The number of nitrogens with zero attached hydrogens (tertiary/aromatic N) is 1. The molecule has 2 aromatic rings. The topological polar surface area (TPSA) is 203 Å². The Balaban J connectivity index is 1.51. The second-order valence-corrected chi connectivity index (χ2v) is 13.5. The van der Waals surface area contributed by atoms with Crippen LogP contribution in [0.2, 0.25) is 0 Å². The molecule has 0 fully saturated rings. The minimum atomic E-state index is -1.29. The van der Waals surface area contributed by atoms with Gasteiger partial charge in [0.1, 0.15) is 29.5 Å². The molecule has 49 heavy (non-hydrogen) atoms. The highest BCUT2D eigenvalue weighted by Gasteiger charge is 2.45. The van der Waals surface area contributed by atoms with Crippen LogP contribution in [0.4, 0.5) is 20.6 Å². The third-order valence-corrected chi connectivity index (χ3v) is 8.42. The molecule has 0 unspecified atom stereocenters. The maximum atomic E-state index is 15.4. The molecule has 0 saturated heterocycles. The van der Waals surface area contributed by atoms with Gasteiger partial charge in [-0.05, 0) is 82.1 Å². The molecule has 2 aliphatic rings. The van der Waals surface area contributed by atoms with E-state index in [9.17, 15) is 28.8 Å². The van der Waals surface area contributed by atoms with Gasteiger partial charge in [0.25, 0.3) is 0 Å². The number of hydrogen-bond acceptors (Lipinski definition) is 7. The number of rotatable bonds is 14. The van der Waals surface area contributed by atoms with Gasteiger partial charge in [-0.25, -0.2) is 9.18 Å². The molecule has 0 radical (unpaired) electrons. The van der Waals surface area contributed by atoms with Crippen LogP contribution in [0.3, 0.4) is 0 Å². The van der Waals surface area contributed by atoms with Crippen LogP contribution in [0.15, 0.2) is 36.4 Å². The Morgan fingerprint density at radius 1 is 0.980 bits per heavy atom. The van der Waals surface area contributed by atoms with Gasteiger partial charge in [-0.15, -0.1) is 0 Å². The molecule has 0 aliphatic carbocycles. The largest absolute Gasteiger partial charge is 0.444 e. The average molecular weight is 681 g/mol. The Kier molecular flexibility index (Phi) is 12.0. The lowest BCUT2D eigenvalue weighted by atomic mass is 10.0. The van der Waals surface area contributed by atoms with Crippen molar-refractivity contribution in [2.75, 3.05) is 10.2 Å². The van der Waals surface area contributed by atoms with Crippen molar-refractivity contribution in [1.82, 2.24) is 10.6 Å². The summed E-state index contributed by atoms with van der Waals surface area (Å²) in [6.45, 7) is 5.12. The average Bonchev–Trinajstić information content (AvgIpc) is 3.35. The van der Waals surface area contributed by atoms with Gasteiger partial charge in [0, 0.05) is 19.3 Å². The lowest BCUT2D eigenvalue weighted by Gasteiger charge is -2.29. The van der Waals surface area contributed by atoms with E-state index in [4.69, 9.17) is 16.2 Å². The number of amides is 6. The zero-order valence-corrected chi connectivity index (χ0v) is 28.1. The summed E-state index contributed by atoms with van der Waals surface area (Å²) < 4.78 is 20.8. The van der Waals surface area contributed by atoms with Crippen molar-refractivity contribution in [3.05, 3.63) is 58.9 Å². The quantitative estimate of drug-likeness (QED) is 0.189. The highest BCUT2D eigenvalue weighted by molar-refractivity contribution is 6.08. The molecule has 0 aromatic heterocycles. The standard InChI is InChI=1S/C35H45FN6O7/c1-35(2,3)49-34(48)41-25-16-15-21-11-7-12-22-19-26(42(30(21)22)33(25)47)32(46)40-24(17-18-28(38)44)31(45)39-23-13-8-10-20(29(23)36)9-5-4-6-14-27(37)43/h7-8,10-13,24-26H,4-6,9,14-19H2,1-3H3,(H2,37,43)(H2,38,44)(H,39,45)(H,40,46)(H,41,48)/t24-,25-,26-/m0/s1. The van der Waals surface area contributed by atoms with Crippen LogP contribution in [0, 0.1) is 5.82 Å². The second kappa shape index (κ2) is 15.9. The minimum Gasteiger partial charge on any atom is -0.444 e. The number of aryl methyl sites for hydroxylation is 2. The number of unbranched alkanes of at least 4 members (excludes halogenated alkanes) is 2. The smallest absolute Gasteiger partial charge is 0.408 e. The molecule has 2 aromatic carbocycles. The molecular formula is C35H45FN6O7. The van der Waals surface area contributed by atoms with Gasteiger partial charge in [0.2, 0.25) is 29.5 Å². The van der Waals surface area contributed by atoms with Crippen LogP contribution < -0.4 is 32.3 Å². The zero-order chi connectivity index (χ0) is 35.9. The Hall–Kier alpha value is -5.01. The Bertz CT molecular complexity index is 1610. The number of halogens is 1. The first-order chi connectivity index (χ1) is 23.1. The molecule has 2 aliphatic heterocycles. The zero-order valence-electron chi connectivity index (χ0n) is 28.1. The fourth-order valence-electron chi connectivity index (χ4n) is 6.13. The number of alkyl carbamates (subject to hydrolysis) is 1. The molecule has 6 amide bonds. The van der Waals surface area contributed by atoms with Crippen molar-refractivity contribution in [1.29, 1.82) is 0 Å². The van der Waals surface area contributed by atoms with Gasteiger partial charge in [-0.3, -0.25) is 28.9 Å². The third-order valence-electron chi connectivity index (χ3n) is 8.42. The molecular weight excluding hydrogens is 635 g/mol. The summed E-state index contributed by atoms with van der Waals surface area (Å²) in [6.07, 6.45) is 2.20. The molecule has 0 saturated carbocycles. The summed E-state index contributed by atoms with van der Waals surface area (Å²) in [7, 11) is 0. The second-order valence-electron chi connectivity index (χ2n) is 13.5. The van der Waals surface area contributed by atoms with Crippen LogP contribution >= 0.6 is 0 Å². The number of nitrogens with two attached hydrogens (primary N) is 2. The summed E-state index contributed by atoms with van der Waals surface area (Å²) >= 11 is 0. The van der Waals surface area contributed by atoms with E-state index in [1.165, 1.54) is 11.0 Å². The molecule has 7 N–H and O–H groups in total. The number of anilines is 2. The molecule has 14 heteroatoms. The molecule has 13 nitrogen and oxygen atoms in total. The Morgan fingerprint density at radius 2 is 1.67 bits per heavy atom. The highest BCUT2D eigenvalue weighted by atomic mass is 19.1. The van der Waals surface area contributed by atoms with Crippen molar-refractivity contribution in [2.45, 2.75) is 109 Å². The maximum absolute atomic E-state index is 15.4. The van der Waals surface area contributed by atoms with Gasteiger partial charge >= 0.3 is 6.09 Å². The summed E-state index contributed by atoms with van der Waals surface area (Å²) in [5.41, 5.74) is 12.2. The van der Waals surface area contributed by atoms with Crippen LogP contribution in [-0.2, 0) is 48.0 Å². The highest BCUT2D eigenvalue weighted by Crippen LogP contribution is 2.39. The van der Waals surface area contributed by atoms with Gasteiger partial charge in [0.05, 0.1) is 11.4 Å². The fraction of sp³-hybridized carbons (Fsp3) is 0.486. The van der Waals surface area contributed by atoms with Gasteiger partial charge in [0.15, 0.2) is 0 Å². The number of ether oxygens (including phenoxy) is 1. The maximum Gasteiger partial charge on any atom is 0.408 e. The van der Waals surface area contributed by atoms with Crippen molar-refractivity contribution < 1.29 is 37.9 Å². The predicted octanol–water partition coefficient (Wildman–Crippen LogP) is 2.90. The molecule has 264 valence electrons. The van der Waals surface area contributed by atoms with Crippen LogP contribution in [0.1, 0.15) is 82.4 Å². The number of primary amides is 2. The number of carbonyl (C=O) groups is 6. The molecule has 4 rings (SSSR count). The first kappa shape index (κ1) is 36.8. The minimum absolute atomic E-state index is 0.102. The molecule has 2 heterocycles. The third kappa shape index (κ3) is 9.77. The number of para-hydroxylation sites is 1. The lowest BCUT2D eigenvalue weighted by Crippen LogP contribution is -2.57. The Morgan fingerprint density at radius 3 is 2.37 bits per heavy atom. The van der Waals surface area contributed by atoms with Crippen LogP contribution in [-0.4, -0.2) is 59.4 Å². The Labute approximate surface area is 284 Å². The lowest BCUT2D eigenvalue weighted by molar-refractivity contribution is -0.129. The van der Waals surface area contributed by atoms with Gasteiger partial charge in [-0.1, -0.05) is 36.8 Å². The predicted molar refractivity (Wildman–Crippen MR) is 180 cm³/mol. The normalized spacial score (nSPS) is 17.4. The van der Waals surface area contributed by atoms with Gasteiger partial charge in [-0.2, -0.15) is 0 Å². The van der Waals surface area contributed by atoms with E-state index in [2.05, 4.69) is 16.0 Å². The van der Waals surface area contributed by atoms with E-state index in [0.717, 1.165) is 11.1 Å². The van der Waals surface area contributed by atoms with Gasteiger partial charge < -0.3 is 32.2 Å². The molecule has 0 bridgehead atoms. The molecule has 0 spiro atoms.